The van der Waals surface area contributed by atoms with Gasteiger partial charge in [-0.15, -0.1) is 22.7 Å². The van der Waals surface area contributed by atoms with E-state index in [1.54, 1.807) is 22.7 Å². The van der Waals surface area contributed by atoms with Crippen LogP contribution in [0, 0.1) is 0 Å². The standard InChI is InChI=1S/C10H9BrClNS2/c11-6-3-7(14-5-6)4-8(13)9-1-2-10(12)15-9/h1-3,5,8H,4,13H2. The van der Waals surface area contributed by atoms with Crippen molar-refractivity contribution in [1.82, 2.24) is 0 Å². The van der Waals surface area contributed by atoms with Gasteiger partial charge in [0, 0.05) is 32.1 Å². The molecule has 0 aromatic carbocycles. The highest BCUT2D eigenvalue weighted by atomic mass is 79.9. The van der Waals surface area contributed by atoms with Crippen LogP contribution in [0.4, 0.5) is 0 Å². The van der Waals surface area contributed by atoms with Gasteiger partial charge in [0.05, 0.1) is 4.34 Å². The van der Waals surface area contributed by atoms with Gasteiger partial charge in [-0.25, -0.2) is 0 Å². The molecular weight excluding hydrogens is 314 g/mol. The van der Waals surface area contributed by atoms with E-state index in [1.165, 1.54) is 4.88 Å². The summed E-state index contributed by atoms with van der Waals surface area (Å²) in [7, 11) is 0. The molecule has 2 aromatic rings. The number of nitrogens with two attached hydrogens (primary N) is 1. The van der Waals surface area contributed by atoms with Crippen LogP contribution >= 0.6 is 50.2 Å². The fraction of sp³-hybridized carbons (Fsp3) is 0.200. The first-order chi connectivity index (χ1) is 7.15. The molecule has 2 heterocycles. The predicted molar refractivity (Wildman–Crippen MR) is 72.0 cm³/mol. The average Bonchev–Trinajstić information content (AvgIpc) is 2.75. The molecule has 0 saturated carbocycles. The zero-order valence-electron chi connectivity index (χ0n) is 7.74. The first kappa shape index (κ1) is 11.6. The van der Waals surface area contributed by atoms with E-state index >= 15 is 0 Å². The van der Waals surface area contributed by atoms with Crippen molar-refractivity contribution in [3.63, 3.8) is 0 Å². The number of thiophene rings is 2. The van der Waals surface area contributed by atoms with Crippen molar-refractivity contribution in [2.45, 2.75) is 12.5 Å². The number of hydrogen-bond acceptors (Lipinski definition) is 3. The maximum absolute atomic E-state index is 6.09. The molecule has 0 fully saturated rings. The molecule has 0 spiro atoms. The minimum Gasteiger partial charge on any atom is -0.323 e. The molecule has 1 atom stereocenters. The van der Waals surface area contributed by atoms with Crippen LogP contribution < -0.4 is 5.73 Å². The molecule has 80 valence electrons. The van der Waals surface area contributed by atoms with Crippen LogP contribution in [0.1, 0.15) is 15.8 Å². The van der Waals surface area contributed by atoms with E-state index in [1.807, 2.05) is 12.1 Å². The maximum Gasteiger partial charge on any atom is 0.0931 e. The molecule has 0 saturated heterocycles. The summed E-state index contributed by atoms with van der Waals surface area (Å²) in [5.41, 5.74) is 6.09. The first-order valence-corrected chi connectivity index (χ1v) is 7.25. The van der Waals surface area contributed by atoms with Crippen LogP contribution in [0.15, 0.2) is 28.1 Å². The molecule has 0 aliphatic rings. The molecule has 15 heavy (non-hydrogen) atoms. The molecule has 1 unspecified atom stereocenters. The van der Waals surface area contributed by atoms with Gasteiger partial charge in [-0.1, -0.05) is 11.6 Å². The second-order valence-electron chi connectivity index (χ2n) is 3.18. The van der Waals surface area contributed by atoms with Crippen molar-refractivity contribution < 1.29 is 0 Å². The lowest BCUT2D eigenvalue weighted by atomic mass is 10.1. The highest BCUT2D eigenvalue weighted by molar-refractivity contribution is 9.10. The van der Waals surface area contributed by atoms with Gasteiger partial charge in [0.25, 0.3) is 0 Å². The van der Waals surface area contributed by atoms with E-state index in [0.29, 0.717) is 0 Å². The smallest absolute Gasteiger partial charge is 0.0931 e. The van der Waals surface area contributed by atoms with Crippen molar-refractivity contribution in [3.8, 4) is 0 Å². The van der Waals surface area contributed by atoms with Gasteiger partial charge in [-0.2, -0.15) is 0 Å². The van der Waals surface area contributed by atoms with Crippen molar-refractivity contribution >= 4 is 50.2 Å². The second kappa shape index (κ2) is 4.97. The molecule has 2 N–H and O–H groups in total. The zero-order valence-corrected chi connectivity index (χ0v) is 11.7. The summed E-state index contributed by atoms with van der Waals surface area (Å²) in [4.78, 5) is 2.43. The van der Waals surface area contributed by atoms with Crippen LogP contribution in [0.5, 0.6) is 0 Å². The summed E-state index contributed by atoms with van der Waals surface area (Å²) in [6.07, 6.45) is 0.868. The van der Waals surface area contributed by atoms with Crippen LogP contribution in [-0.4, -0.2) is 0 Å². The van der Waals surface area contributed by atoms with Gasteiger partial charge in [0.1, 0.15) is 0 Å². The Labute approximate surface area is 110 Å². The lowest BCUT2D eigenvalue weighted by Gasteiger charge is -2.06. The molecule has 0 radical (unpaired) electrons. The Morgan fingerprint density at radius 3 is 2.80 bits per heavy atom. The van der Waals surface area contributed by atoms with E-state index in [9.17, 15) is 0 Å². The van der Waals surface area contributed by atoms with Gasteiger partial charge in [-0.3, -0.25) is 0 Å². The fourth-order valence-electron chi connectivity index (χ4n) is 1.31. The largest absolute Gasteiger partial charge is 0.323 e. The van der Waals surface area contributed by atoms with E-state index in [0.717, 1.165) is 20.1 Å². The summed E-state index contributed by atoms with van der Waals surface area (Å²) >= 11 is 12.6. The first-order valence-electron chi connectivity index (χ1n) is 4.39. The Hall–Kier alpha value is 0.130. The van der Waals surface area contributed by atoms with Crippen LogP contribution in [0.3, 0.4) is 0 Å². The average molecular weight is 323 g/mol. The van der Waals surface area contributed by atoms with Crippen molar-refractivity contribution in [2.24, 2.45) is 5.73 Å². The number of halogens is 2. The van der Waals surface area contributed by atoms with Crippen LogP contribution in [0.25, 0.3) is 0 Å². The Morgan fingerprint density at radius 1 is 1.47 bits per heavy atom. The highest BCUT2D eigenvalue weighted by Gasteiger charge is 2.10. The molecular formula is C10H9BrClNS2. The summed E-state index contributed by atoms with van der Waals surface area (Å²) in [5.74, 6) is 0. The normalized spacial score (nSPS) is 13.0. The molecule has 0 bridgehead atoms. The predicted octanol–water partition coefficient (Wildman–Crippen LogP) is 4.47. The highest BCUT2D eigenvalue weighted by Crippen LogP contribution is 2.29. The summed E-state index contributed by atoms with van der Waals surface area (Å²) < 4.78 is 1.92. The monoisotopic (exact) mass is 321 g/mol. The molecule has 0 aliphatic heterocycles. The van der Waals surface area contributed by atoms with E-state index < -0.39 is 0 Å². The maximum atomic E-state index is 6.09. The van der Waals surface area contributed by atoms with Crippen molar-refractivity contribution in [2.75, 3.05) is 0 Å². The third-order valence-electron chi connectivity index (χ3n) is 2.00. The third-order valence-corrected chi connectivity index (χ3v) is 5.09. The van der Waals surface area contributed by atoms with Gasteiger partial charge in [-0.05, 0) is 34.1 Å². The van der Waals surface area contributed by atoms with Gasteiger partial charge < -0.3 is 5.73 Å². The Kier molecular flexibility index (Phi) is 3.85. The lowest BCUT2D eigenvalue weighted by Crippen LogP contribution is -2.10. The molecule has 2 aromatic heterocycles. The van der Waals surface area contributed by atoms with Crippen molar-refractivity contribution in [3.05, 3.63) is 42.1 Å². The van der Waals surface area contributed by atoms with E-state index in [4.69, 9.17) is 17.3 Å². The molecule has 0 aliphatic carbocycles. The number of rotatable bonds is 3. The second-order valence-corrected chi connectivity index (χ2v) is 6.84. The Morgan fingerprint density at radius 2 is 2.27 bits per heavy atom. The number of hydrogen-bond donors (Lipinski definition) is 1. The minimum absolute atomic E-state index is 0.0491. The lowest BCUT2D eigenvalue weighted by molar-refractivity contribution is 0.745. The summed E-state index contributed by atoms with van der Waals surface area (Å²) in [5, 5.41) is 2.07. The molecule has 0 amide bonds. The quantitative estimate of drug-likeness (QED) is 0.886. The fourth-order valence-corrected chi connectivity index (χ4v) is 3.88. The van der Waals surface area contributed by atoms with Gasteiger partial charge in [0.2, 0.25) is 0 Å². The Balaban J connectivity index is 2.06. The van der Waals surface area contributed by atoms with Crippen LogP contribution in [-0.2, 0) is 6.42 Å². The van der Waals surface area contributed by atoms with Gasteiger partial charge >= 0.3 is 0 Å². The topological polar surface area (TPSA) is 26.0 Å². The SMILES string of the molecule is NC(Cc1cc(Br)cs1)c1ccc(Cl)s1. The van der Waals surface area contributed by atoms with E-state index in [-0.39, 0.29) is 6.04 Å². The molecule has 5 heteroatoms. The Bertz CT molecular complexity index is 452. The summed E-state index contributed by atoms with van der Waals surface area (Å²) in [6, 6.07) is 6.05. The molecule has 2 rings (SSSR count). The van der Waals surface area contributed by atoms with Crippen LogP contribution in [0.2, 0.25) is 4.34 Å². The van der Waals surface area contributed by atoms with E-state index in [2.05, 4.69) is 27.4 Å². The summed E-state index contributed by atoms with van der Waals surface area (Å²) in [6.45, 7) is 0. The minimum atomic E-state index is 0.0491. The van der Waals surface area contributed by atoms with Gasteiger partial charge in [0.15, 0.2) is 0 Å². The van der Waals surface area contributed by atoms with Crippen molar-refractivity contribution in [1.29, 1.82) is 0 Å². The molecule has 1 nitrogen and oxygen atoms in total. The zero-order chi connectivity index (χ0) is 10.8. The third kappa shape index (κ3) is 3.04.